The molecule has 0 unspecified atom stereocenters. The summed E-state index contributed by atoms with van der Waals surface area (Å²) in [5, 5.41) is 12.2. The van der Waals surface area contributed by atoms with Crippen molar-refractivity contribution < 1.29 is 10.0 Å². The summed E-state index contributed by atoms with van der Waals surface area (Å²) in [6.45, 7) is 2.09. The van der Waals surface area contributed by atoms with Crippen LogP contribution in [0.2, 0.25) is 0 Å². The number of rotatable bonds is 2. The lowest BCUT2D eigenvalue weighted by Gasteiger charge is -2.17. The van der Waals surface area contributed by atoms with E-state index in [2.05, 4.69) is 12.1 Å². The smallest absolute Gasteiger partial charge is 0.285 e. The Bertz CT molecular complexity index is 690. The topological polar surface area (TPSA) is 52.9 Å². The van der Waals surface area contributed by atoms with Crippen LogP contribution >= 0.6 is 0 Å². The highest BCUT2D eigenvalue weighted by atomic mass is 16.4. The normalized spacial score (nSPS) is 15.8. The van der Waals surface area contributed by atoms with Gasteiger partial charge in [-0.2, -0.15) is 0 Å². The van der Waals surface area contributed by atoms with E-state index in [0.717, 1.165) is 17.8 Å². The molecule has 1 N–H and O–H groups in total. The van der Waals surface area contributed by atoms with Gasteiger partial charge in [-0.25, -0.2) is 0 Å². The van der Waals surface area contributed by atoms with Crippen LogP contribution in [-0.2, 0) is 11.2 Å². The highest BCUT2D eigenvalue weighted by Gasteiger charge is 2.35. The number of hydrogen-bond donors (Lipinski definition) is 1. The van der Waals surface area contributed by atoms with Gasteiger partial charge in [0.25, 0.3) is 5.91 Å². The summed E-state index contributed by atoms with van der Waals surface area (Å²) in [5.74, 6) is -0.307. The van der Waals surface area contributed by atoms with Crippen LogP contribution in [0.4, 0.5) is 11.4 Å². The molecule has 0 atom stereocenters. The highest BCUT2D eigenvalue weighted by molar-refractivity contribution is 6.55. The fraction of sp³-hybridized carbons (Fsp3) is 0.125. The molecule has 3 rings (SSSR count). The van der Waals surface area contributed by atoms with Crippen LogP contribution in [-0.4, -0.2) is 16.8 Å². The minimum atomic E-state index is -0.307. The number of aryl methyl sites for hydroxylation is 1. The van der Waals surface area contributed by atoms with Crippen molar-refractivity contribution in [3.8, 4) is 0 Å². The first-order valence-corrected chi connectivity index (χ1v) is 6.51. The highest BCUT2D eigenvalue weighted by Crippen LogP contribution is 2.35. The van der Waals surface area contributed by atoms with Crippen molar-refractivity contribution in [3.05, 3.63) is 59.7 Å². The predicted molar refractivity (Wildman–Crippen MR) is 77.7 cm³/mol. The van der Waals surface area contributed by atoms with Gasteiger partial charge in [-0.05, 0) is 30.2 Å². The number of oxime groups is 1. The van der Waals surface area contributed by atoms with Gasteiger partial charge in [0.05, 0.1) is 5.69 Å². The van der Waals surface area contributed by atoms with E-state index in [1.54, 1.807) is 11.0 Å². The van der Waals surface area contributed by atoms with Crippen molar-refractivity contribution in [2.24, 2.45) is 5.16 Å². The lowest BCUT2D eigenvalue weighted by Crippen LogP contribution is -2.25. The summed E-state index contributed by atoms with van der Waals surface area (Å²) in [6, 6.07) is 15.1. The molecule has 0 saturated carbocycles. The zero-order valence-corrected chi connectivity index (χ0v) is 11.1. The van der Waals surface area contributed by atoms with Crippen LogP contribution in [0.15, 0.2) is 53.7 Å². The van der Waals surface area contributed by atoms with Crippen molar-refractivity contribution in [1.29, 1.82) is 0 Å². The van der Waals surface area contributed by atoms with Crippen LogP contribution in [0, 0.1) is 0 Å². The first-order valence-electron chi connectivity index (χ1n) is 6.51. The second-order valence-electron chi connectivity index (χ2n) is 4.63. The Morgan fingerprint density at radius 3 is 2.45 bits per heavy atom. The maximum atomic E-state index is 12.4. The monoisotopic (exact) mass is 266 g/mol. The van der Waals surface area contributed by atoms with Crippen molar-refractivity contribution in [1.82, 2.24) is 0 Å². The van der Waals surface area contributed by atoms with Gasteiger partial charge >= 0.3 is 0 Å². The van der Waals surface area contributed by atoms with E-state index in [1.165, 1.54) is 5.56 Å². The quantitative estimate of drug-likeness (QED) is 0.670. The Kier molecular flexibility index (Phi) is 2.99. The van der Waals surface area contributed by atoms with E-state index in [-0.39, 0.29) is 11.6 Å². The Labute approximate surface area is 117 Å². The Morgan fingerprint density at radius 1 is 1.10 bits per heavy atom. The second kappa shape index (κ2) is 4.81. The lowest BCUT2D eigenvalue weighted by molar-refractivity contribution is -0.111. The molecule has 0 bridgehead atoms. The zero-order valence-electron chi connectivity index (χ0n) is 11.1. The zero-order chi connectivity index (χ0) is 14.1. The third-order valence-corrected chi connectivity index (χ3v) is 3.51. The molecule has 0 spiro atoms. The van der Waals surface area contributed by atoms with E-state index >= 15 is 0 Å². The van der Waals surface area contributed by atoms with E-state index in [0.29, 0.717) is 5.56 Å². The van der Waals surface area contributed by atoms with E-state index < -0.39 is 0 Å². The van der Waals surface area contributed by atoms with Gasteiger partial charge in [0.2, 0.25) is 0 Å². The summed E-state index contributed by atoms with van der Waals surface area (Å²) in [7, 11) is 0. The SMILES string of the molecule is CCc1ccc(N2C(=O)C(=NO)c3ccccc32)cc1. The number of para-hydroxylation sites is 1. The van der Waals surface area contributed by atoms with E-state index in [1.807, 2.05) is 42.5 Å². The average Bonchev–Trinajstić information content (AvgIpc) is 2.79. The Balaban J connectivity index is 2.11. The first kappa shape index (κ1) is 12.4. The largest absolute Gasteiger partial charge is 0.410 e. The summed E-state index contributed by atoms with van der Waals surface area (Å²) in [6.07, 6.45) is 0.953. The van der Waals surface area contributed by atoms with Crippen molar-refractivity contribution in [2.45, 2.75) is 13.3 Å². The summed E-state index contributed by atoms with van der Waals surface area (Å²) in [5.41, 5.74) is 3.47. The molecule has 4 heteroatoms. The minimum absolute atomic E-state index is 0.0835. The molecule has 0 aliphatic carbocycles. The number of benzene rings is 2. The fourth-order valence-electron chi connectivity index (χ4n) is 2.43. The van der Waals surface area contributed by atoms with Gasteiger partial charge in [-0.15, -0.1) is 0 Å². The second-order valence-corrected chi connectivity index (χ2v) is 4.63. The van der Waals surface area contributed by atoms with Gasteiger partial charge in [0, 0.05) is 11.3 Å². The molecule has 1 amide bonds. The molecule has 2 aromatic rings. The van der Waals surface area contributed by atoms with Crippen LogP contribution in [0.25, 0.3) is 0 Å². The standard InChI is InChI=1S/C16H14N2O2/c1-2-11-7-9-12(10-8-11)18-14-6-4-3-5-13(14)15(17-20)16(18)19/h3-10,20H,2H2,1H3. The van der Waals surface area contributed by atoms with Gasteiger partial charge in [0.1, 0.15) is 0 Å². The number of nitrogens with zero attached hydrogens (tertiary/aromatic N) is 2. The molecule has 4 nitrogen and oxygen atoms in total. The Morgan fingerprint density at radius 2 is 1.80 bits per heavy atom. The molecule has 0 aromatic heterocycles. The summed E-state index contributed by atoms with van der Waals surface area (Å²) >= 11 is 0. The van der Waals surface area contributed by atoms with Crippen LogP contribution < -0.4 is 4.90 Å². The summed E-state index contributed by atoms with van der Waals surface area (Å²) < 4.78 is 0. The molecule has 1 heterocycles. The number of hydrogen-bond acceptors (Lipinski definition) is 3. The first-order chi connectivity index (χ1) is 9.76. The Hall–Kier alpha value is -2.62. The van der Waals surface area contributed by atoms with Gasteiger partial charge in [-0.1, -0.05) is 42.4 Å². The molecule has 0 radical (unpaired) electrons. The van der Waals surface area contributed by atoms with Crippen LogP contribution in [0.5, 0.6) is 0 Å². The number of carbonyl (C=O) groups excluding carboxylic acids is 1. The molecule has 2 aromatic carbocycles. The third kappa shape index (κ3) is 1.77. The molecule has 100 valence electrons. The molecular weight excluding hydrogens is 252 g/mol. The van der Waals surface area contributed by atoms with E-state index in [9.17, 15) is 4.79 Å². The molecule has 20 heavy (non-hydrogen) atoms. The number of anilines is 2. The van der Waals surface area contributed by atoms with Crippen molar-refractivity contribution in [3.63, 3.8) is 0 Å². The average molecular weight is 266 g/mol. The van der Waals surface area contributed by atoms with Gasteiger partial charge in [0.15, 0.2) is 5.71 Å². The molecule has 0 saturated heterocycles. The number of amides is 1. The third-order valence-electron chi connectivity index (χ3n) is 3.51. The minimum Gasteiger partial charge on any atom is -0.410 e. The molecular formula is C16H14N2O2. The molecule has 1 aliphatic heterocycles. The fourth-order valence-corrected chi connectivity index (χ4v) is 2.43. The lowest BCUT2D eigenvalue weighted by atomic mass is 10.1. The van der Waals surface area contributed by atoms with E-state index in [4.69, 9.17) is 5.21 Å². The predicted octanol–water partition coefficient (Wildman–Crippen LogP) is 3.11. The van der Waals surface area contributed by atoms with Crippen molar-refractivity contribution in [2.75, 3.05) is 4.90 Å². The van der Waals surface area contributed by atoms with Gasteiger partial charge in [-0.3, -0.25) is 9.69 Å². The number of fused-ring (bicyclic) bond motifs is 1. The van der Waals surface area contributed by atoms with Gasteiger partial charge < -0.3 is 5.21 Å². The molecule has 1 aliphatic rings. The maximum absolute atomic E-state index is 12.4. The molecule has 0 fully saturated rings. The maximum Gasteiger partial charge on any atom is 0.285 e. The number of carbonyl (C=O) groups is 1. The van der Waals surface area contributed by atoms with Crippen LogP contribution in [0.1, 0.15) is 18.1 Å². The summed E-state index contributed by atoms with van der Waals surface area (Å²) in [4.78, 5) is 14.0. The van der Waals surface area contributed by atoms with Crippen LogP contribution in [0.3, 0.4) is 0 Å². The van der Waals surface area contributed by atoms with Crippen molar-refractivity contribution >= 4 is 23.0 Å².